The summed E-state index contributed by atoms with van der Waals surface area (Å²) in [6.07, 6.45) is -0.0435. The first-order chi connectivity index (χ1) is 13.0. The van der Waals surface area contributed by atoms with Crippen molar-refractivity contribution in [2.45, 2.75) is 18.9 Å². The monoisotopic (exact) mass is 382 g/mol. The minimum absolute atomic E-state index is 0.0295. The molecule has 1 heterocycles. The van der Waals surface area contributed by atoms with Crippen molar-refractivity contribution in [2.24, 2.45) is 5.73 Å². The standard InChI is InChI=1S/C18H27FN4O4/c1-26-14(12-20)11-18(25)21-13-2-3-15(19)16(10-13)22-17(24)4-5-23-6-8-27-9-7-23/h2-3,10,14H,4-9,11-12,20H2,1H3,(H,21,25)(H,22,24). The second-order valence-corrected chi connectivity index (χ2v) is 6.29. The maximum Gasteiger partial charge on any atom is 0.227 e. The van der Waals surface area contributed by atoms with Gasteiger partial charge in [0, 0.05) is 45.4 Å². The van der Waals surface area contributed by atoms with Crippen molar-refractivity contribution in [2.75, 3.05) is 57.1 Å². The van der Waals surface area contributed by atoms with Crippen LogP contribution in [-0.4, -0.2) is 69.3 Å². The van der Waals surface area contributed by atoms with Crippen LogP contribution in [0.15, 0.2) is 18.2 Å². The van der Waals surface area contributed by atoms with Gasteiger partial charge in [0.2, 0.25) is 11.8 Å². The van der Waals surface area contributed by atoms with Crippen LogP contribution in [0.25, 0.3) is 0 Å². The topological polar surface area (TPSA) is 106 Å². The van der Waals surface area contributed by atoms with Crippen molar-refractivity contribution >= 4 is 23.2 Å². The Balaban J connectivity index is 1.87. The molecule has 1 aliphatic rings. The molecule has 1 aliphatic heterocycles. The second kappa shape index (κ2) is 10.9. The fourth-order valence-corrected chi connectivity index (χ4v) is 2.68. The zero-order valence-electron chi connectivity index (χ0n) is 15.5. The normalized spacial score (nSPS) is 16.0. The number of carbonyl (C=O) groups is 2. The highest BCUT2D eigenvalue weighted by molar-refractivity contribution is 5.94. The second-order valence-electron chi connectivity index (χ2n) is 6.29. The maximum atomic E-state index is 14.0. The number of halogens is 1. The average Bonchev–Trinajstić information content (AvgIpc) is 2.68. The van der Waals surface area contributed by atoms with E-state index < -0.39 is 5.82 Å². The number of rotatable bonds is 9. The largest absolute Gasteiger partial charge is 0.380 e. The Morgan fingerprint density at radius 1 is 1.30 bits per heavy atom. The third-order valence-electron chi connectivity index (χ3n) is 4.29. The Kier molecular flexibility index (Phi) is 8.59. The summed E-state index contributed by atoms with van der Waals surface area (Å²) in [5.74, 6) is -1.15. The van der Waals surface area contributed by atoms with Crippen LogP contribution >= 0.6 is 0 Å². The number of ether oxygens (including phenoxy) is 2. The lowest BCUT2D eigenvalue weighted by Crippen LogP contribution is -2.38. The Hall–Kier alpha value is -2.07. The number of methoxy groups -OCH3 is 1. The van der Waals surface area contributed by atoms with Crippen LogP contribution in [0.3, 0.4) is 0 Å². The molecule has 2 amide bonds. The van der Waals surface area contributed by atoms with E-state index in [1.807, 2.05) is 0 Å². The number of anilines is 2. The molecule has 9 heteroatoms. The van der Waals surface area contributed by atoms with Crippen molar-refractivity contribution in [1.29, 1.82) is 0 Å². The summed E-state index contributed by atoms with van der Waals surface area (Å²) in [6, 6.07) is 4.02. The highest BCUT2D eigenvalue weighted by Crippen LogP contribution is 2.20. The molecule has 1 saturated heterocycles. The van der Waals surface area contributed by atoms with Gasteiger partial charge in [-0.3, -0.25) is 14.5 Å². The third kappa shape index (κ3) is 7.22. The number of hydrogen-bond donors (Lipinski definition) is 3. The number of nitrogens with two attached hydrogens (primary N) is 1. The average molecular weight is 382 g/mol. The number of benzene rings is 1. The highest BCUT2D eigenvalue weighted by Gasteiger charge is 2.15. The van der Waals surface area contributed by atoms with Crippen molar-refractivity contribution in [3.8, 4) is 0 Å². The van der Waals surface area contributed by atoms with E-state index in [1.54, 1.807) is 0 Å². The summed E-state index contributed by atoms with van der Waals surface area (Å²) < 4.78 is 24.3. The van der Waals surface area contributed by atoms with Gasteiger partial charge in [-0.2, -0.15) is 0 Å². The molecule has 0 spiro atoms. The predicted octanol–water partition coefficient (Wildman–Crippen LogP) is 0.789. The van der Waals surface area contributed by atoms with Crippen molar-refractivity contribution in [1.82, 2.24) is 4.90 Å². The molecule has 1 unspecified atom stereocenters. The maximum absolute atomic E-state index is 14.0. The first-order valence-electron chi connectivity index (χ1n) is 8.94. The Morgan fingerprint density at radius 2 is 2.04 bits per heavy atom. The van der Waals surface area contributed by atoms with Crippen LogP contribution in [0, 0.1) is 5.82 Å². The molecule has 150 valence electrons. The van der Waals surface area contributed by atoms with E-state index in [2.05, 4.69) is 15.5 Å². The van der Waals surface area contributed by atoms with Gasteiger partial charge < -0.3 is 25.8 Å². The first kappa shape index (κ1) is 21.2. The van der Waals surface area contributed by atoms with Gasteiger partial charge in [0.25, 0.3) is 0 Å². The summed E-state index contributed by atoms with van der Waals surface area (Å²) >= 11 is 0. The molecule has 4 N–H and O–H groups in total. The van der Waals surface area contributed by atoms with Gasteiger partial charge in [0.1, 0.15) is 5.82 Å². The molecule has 1 fully saturated rings. The third-order valence-corrected chi connectivity index (χ3v) is 4.29. The lowest BCUT2D eigenvalue weighted by molar-refractivity contribution is -0.118. The molecule has 0 radical (unpaired) electrons. The van der Waals surface area contributed by atoms with Gasteiger partial charge in [-0.15, -0.1) is 0 Å². The van der Waals surface area contributed by atoms with Crippen LogP contribution in [0.4, 0.5) is 15.8 Å². The molecule has 0 aromatic heterocycles. The van der Waals surface area contributed by atoms with E-state index >= 15 is 0 Å². The molecule has 8 nitrogen and oxygen atoms in total. The quantitative estimate of drug-likeness (QED) is 0.583. The van der Waals surface area contributed by atoms with Crippen LogP contribution in [-0.2, 0) is 19.1 Å². The van der Waals surface area contributed by atoms with Crippen LogP contribution in [0.5, 0.6) is 0 Å². The number of hydrogen-bond acceptors (Lipinski definition) is 6. The summed E-state index contributed by atoms with van der Waals surface area (Å²) in [7, 11) is 1.48. The van der Waals surface area contributed by atoms with Gasteiger partial charge in [-0.25, -0.2) is 4.39 Å². The summed E-state index contributed by atoms with van der Waals surface area (Å²) in [6.45, 7) is 3.70. The fraction of sp³-hybridized carbons (Fsp3) is 0.556. The molecule has 2 rings (SSSR count). The Morgan fingerprint density at radius 3 is 2.70 bits per heavy atom. The van der Waals surface area contributed by atoms with E-state index in [4.69, 9.17) is 15.2 Å². The van der Waals surface area contributed by atoms with Crippen molar-refractivity contribution < 1.29 is 23.5 Å². The van der Waals surface area contributed by atoms with Gasteiger partial charge in [-0.05, 0) is 18.2 Å². The van der Waals surface area contributed by atoms with Crippen molar-refractivity contribution in [3.05, 3.63) is 24.0 Å². The minimum atomic E-state index is -0.565. The van der Waals surface area contributed by atoms with Crippen molar-refractivity contribution in [3.63, 3.8) is 0 Å². The molecule has 1 atom stereocenters. The van der Waals surface area contributed by atoms with Crippen LogP contribution in [0.1, 0.15) is 12.8 Å². The van der Waals surface area contributed by atoms with Crippen LogP contribution < -0.4 is 16.4 Å². The van der Waals surface area contributed by atoms with Gasteiger partial charge in [0.05, 0.1) is 31.4 Å². The van der Waals surface area contributed by atoms with Gasteiger partial charge in [-0.1, -0.05) is 0 Å². The molecule has 1 aromatic carbocycles. The highest BCUT2D eigenvalue weighted by atomic mass is 19.1. The smallest absolute Gasteiger partial charge is 0.227 e. The first-order valence-corrected chi connectivity index (χ1v) is 8.94. The number of morpholine rings is 1. The number of amides is 2. The fourth-order valence-electron chi connectivity index (χ4n) is 2.68. The van der Waals surface area contributed by atoms with E-state index in [1.165, 1.54) is 25.3 Å². The van der Waals surface area contributed by atoms with E-state index in [0.717, 1.165) is 13.1 Å². The molecular weight excluding hydrogens is 355 g/mol. The van der Waals surface area contributed by atoms with Gasteiger partial charge >= 0.3 is 0 Å². The predicted molar refractivity (Wildman–Crippen MR) is 100 cm³/mol. The summed E-state index contributed by atoms with van der Waals surface area (Å²) in [5, 5.41) is 5.21. The number of carbonyl (C=O) groups excluding carboxylic acids is 2. The van der Waals surface area contributed by atoms with E-state index in [-0.39, 0.29) is 43.0 Å². The van der Waals surface area contributed by atoms with Gasteiger partial charge in [0.15, 0.2) is 0 Å². The molecule has 1 aromatic rings. The number of nitrogens with one attached hydrogen (secondary N) is 2. The molecule has 0 saturated carbocycles. The van der Waals surface area contributed by atoms with Crippen LogP contribution in [0.2, 0.25) is 0 Å². The lowest BCUT2D eigenvalue weighted by Gasteiger charge is -2.26. The Bertz CT molecular complexity index is 634. The molecule has 0 bridgehead atoms. The molecule has 27 heavy (non-hydrogen) atoms. The summed E-state index contributed by atoms with van der Waals surface area (Å²) in [4.78, 5) is 26.2. The molecular formula is C18H27FN4O4. The zero-order chi connectivity index (χ0) is 19.6. The zero-order valence-corrected chi connectivity index (χ0v) is 15.5. The summed E-state index contributed by atoms with van der Waals surface area (Å²) in [5.41, 5.74) is 5.91. The Labute approximate surface area is 158 Å². The van der Waals surface area contributed by atoms with E-state index in [0.29, 0.717) is 25.4 Å². The number of nitrogens with zero attached hydrogens (tertiary/aromatic N) is 1. The van der Waals surface area contributed by atoms with E-state index in [9.17, 15) is 14.0 Å². The minimum Gasteiger partial charge on any atom is -0.380 e. The molecule has 0 aliphatic carbocycles. The SMILES string of the molecule is COC(CN)CC(=O)Nc1ccc(F)c(NC(=O)CCN2CCOCC2)c1. The lowest BCUT2D eigenvalue weighted by atomic mass is 10.2.